The molecule has 0 saturated heterocycles. The van der Waals surface area contributed by atoms with E-state index in [1.807, 2.05) is 38.2 Å². The Kier molecular flexibility index (Phi) is 5.14. The van der Waals surface area contributed by atoms with E-state index >= 15 is 0 Å². The molecule has 8 nitrogen and oxygen atoms in total. The van der Waals surface area contributed by atoms with E-state index in [9.17, 15) is 9.59 Å². The summed E-state index contributed by atoms with van der Waals surface area (Å²) in [6, 6.07) is 9.03. The monoisotopic (exact) mass is 404 g/mol. The van der Waals surface area contributed by atoms with Crippen molar-refractivity contribution in [2.45, 2.75) is 33.4 Å². The molecule has 152 valence electrons. The Hall–Kier alpha value is -3.81. The molecule has 4 N–H and O–H groups in total. The minimum atomic E-state index is -0.336. The topological polar surface area (TPSA) is 108 Å². The number of carbonyl (C=O) groups excluding carboxylic acids is 1. The Bertz CT molecular complexity index is 1310. The van der Waals surface area contributed by atoms with Crippen LogP contribution in [0.3, 0.4) is 0 Å². The number of nitrogen functional groups attached to an aromatic ring is 1. The maximum Gasteiger partial charge on any atom is 0.278 e. The second-order valence-corrected chi connectivity index (χ2v) is 7.23. The number of hydrogen-bond donors (Lipinski definition) is 2. The maximum absolute atomic E-state index is 13.2. The van der Waals surface area contributed by atoms with Crippen molar-refractivity contribution < 1.29 is 14.3 Å². The molecule has 4 heterocycles. The summed E-state index contributed by atoms with van der Waals surface area (Å²) in [6.45, 7) is 4.81. The average Bonchev–Trinajstić information content (AvgIpc) is 2.76. The van der Waals surface area contributed by atoms with E-state index in [4.69, 9.17) is 10.7 Å². The van der Waals surface area contributed by atoms with Crippen LogP contribution in [0.15, 0.2) is 53.7 Å². The number of aromatic amines is 1. The van der Waals surface area contributed by atoms with Crippen LogP contribution in [0.5, 0.6) is 0 Å². The van der Waals surface area contributed by atoms with Crippen LogP contribution in [0.1, 0.15) is 34.8 Å². The number of aryl methyl sites for hydroxylation is 2. The normalized spacial score (nSPS) is 11.1. The highest BCUT2D eigenvalue weighted by Gasteiger charge is 2.24. The number of nitrogens with one attached hydrogen (secondary N) is 2. The van der Waals surface area contributed by atoms with Crippen molar-refractivity contribution in [1.29, 1.82) is 0 Å². The molecule has 0 aromatic carbocycles. The van der Waals surface area contributed by atoms with Crippen LogP contribution < -0.4 is 26.2 Å². The highest BCUT2D eigenvalue weighted by molar-refractivity contribution is 6.00. The van der Waals surface area contributed by atoms with Crippen molar-refractivity contribution in [2.24, 2.45) is 0 Å². The van der Waals surface area contributed by atoms with Crippen LogP contribution in [-0.2, 0) is 13.1 Å². The minimum absolute atomic E-state index is 0.227. The maximum atomic E-state index is 13.2. The summed E-state index contributed by atoms with van der Waals surface area (Å²) in [5, 5.41) is 3.23. The van der Waals surface area contributed by atoms with Gasteiger partial charge < -0.3 is 11.1 Å². The molecule has 4 rings (SSSR count). The number of rotatable bonds is 5. The van der Waals surface area contributed by atoms with Crippen molar-refractivity contribution in [2.75, 3.05) is 5.73 Å². The van der Waals surface area contributed by atoms with Crippen molar-refractivity contribution in [1.82, 2.24) is 14.7 Å². The van der Waals surface area contributed by atoms with E-state index in [-0.39, 0.29) is 17.0 Å². The van der Waals surface area contributed by atoms with Crippen LogP contribution in [0.25, 0.3) is 16.7 Å². The van der Waals surface area contributed by atoms with Gasteiger partial charge in [0.1, 0.15) is 10.9 Å². The summed E-state index contributed by atoms with van der Waals surface area (Å²) in [6.07, 6.45) is 6.08. The summed E-state index contributed by atoms with van der Waals surface area (Å²) in [5.74, 6) is -0.0387. The molecule has 0 aliphatic rings. The number of pyridine rings is 3. The molecule has 0 fully saturated rings. The minimum Gasteiger partial charge on any atom is -0.348 e. The zero-order valence-corrected chi connectivity index (χ0v) is 17.0. The highest BCUT2D eigenvalue weighted by Crippen LogP contribution is 2.16. The second-order valence-electron chi connectivity index (χ2n) is 7.23. The number of fused-ring (bicyclic) bond motifs is 2. The number of anilines is 1. The molecule has 4 aromatic heterocycles. The van der Waals surface area contributed by atoms with Crippen molar-refractivity contribution in [3.63, 3.8) is 0 Å². The smallest absolute Gasteiger partial charge is 0.278 e. The SMILES string of the molecule is CCC[n+]1c(N)c(C(=O)NCc2ccc[nH+]c2)cc2c(=O)n3cccc(C)c3nc21. The molecule has 8 heteroatoms. The lowest BCUT2D eigenvalue weighted by molar-refractivity contribution is -0.658. The average molecular weight is 404 g/mol. The number of H-pyrrole nitrogens is 1. The van der Waals surface area contributed by atoms with Gasteiger partial charge in [0.2, 0.25) is 11.5 Å². The molecule has 0 aliphatic carbocycles. The highest BCUT2D eigenvalue weighted by atomic mass is 16.1. The van der Waals surface area contributed by atoms with Crippen LogP contribution in [-0.4, -0.2) is 15.3 Å². The van der Waals surface area contributed by atoms with Gasteiger partial charge in [0.05, 0.1) is 6.54 Å². The molecule has 0 spiro atoms. The van der Waals surface area contributed by atoms with Crippen LogP contribution in [0.4, 0.5) is 5.82 Å². The van der Waals surface area contributed by atoms with E-state index in [1.165, 1.54) is 4.40 Å². The predicted octanol–water partition coefficient (Wildman–Crippen LogP) is 1.18. The van der Waals surface area contributed by atoms with Crippen LogP contribution in [0, 0.1) is 6.92 Å². The third-order valence-corrected chi connectivity index (χ3v) is 5.09. The van der Waals surface area contributed by atoms with Gasteiger partial charge >= 0.3 is 0 Å². The molecular formula is C22H24N6O2+2. The molecule has 30 heavy (non-hydrogen) atoms. The van der Waals surface area contributed by atoms with E-state index in [2.05, 4.69) is 10.3 Å². The summed E-state index contributed by atoms with van der Waals surface area (Å²) in [7, 11) is 0. The van der Waals surface area contributed by atoms with Crippen LogP contribution >= 0.6 is 0 Å². The van der Waals surface area contributed by atoms with E-state index in [0.717, 1.165) is 17.5 Å². The van der Waals surface area contributed by atoms with Crippen molar-refractivity contribution >= 4 is 28.4 Å². The predicted molar refractivity (Wildman–Crippen MR) is 113 cm³/mol. The third kappa shape index (κ3) is 3.36. The number of amides is 1. The molecular weight excluding hydrogens is 380 g/mol. The summed E-state index contributed by atoms with van der Waals surface area (Å²) in [4.78, 5) is 33.8. The van der Waals surface area contributed by atoms with E-state index in [0.29, 0.717) is 35.6 Å². The number of nitrogens with zero attached hydrogens (tertiary/aromatic N) is 3. The molecule has 0 saturated carbocycles. The van der Waals surface area contributed by atoms with E-state index < -0.39 is 0 Å². The quantitative estimate of drug-likeness (QED) is 0.385. The van der Waals surface area contributed by atoms with Crippen LogP contribution in [0.2, 0.25) is 0 Å². The van der Waals surface area contributed by atoms with Gasteiger partial charge in [-0.15, -0.1) is 0 Å². The lowest BCUT2D eigenvalue weighted by Crippen LogP contribution is -2.42. The Morgan fingerprint density at radius 1 is 1.33 bits per heavy atom. The summed E-state index contributed by atoms with van der Waals surface area (Å²) < 4.78 is 3.26. The van der Waals surface area contributed by atoms with Gasteiger partial charge in [-0.3, -0.25) is 14.0 Å². The standard InChI is InChI=1S/C22H22N6O2/c1-3-9-27-18(23)16(21(29)25-13-15-7-4-8-24-12-15)11-17-20(27)26-19-14(2)6-5-10-28(19)22(17)30/h4-8,10-12,23H,3,9,13H2,1-2H3,(H,25,29)/p+2. The fourth-order valence-corrected chi connectivity index (χ4v) is 3.56. The first-order valence-electron chi connectivity index (χ1n) is 9.88. The van der Waals surface area contributed by atoms with Gasteiger partial charge in [-0.1, -0.05) is 18.0 Å². The summed E-state index contributed by atoms with van der Waals surface area (Å²) >= 11 is 0. The molecule has 4 aromatic rings. The molecule has 1 amide bonds. The zero-order chi connectivity index (χ0) is 21.3. The van der Waals surface area contributed by atoms with Crippen molar-refractivity contribution in [3.05, 3.63) is 76.0 Å². The number of carbonyl (C=O) groups is 1. The third-order valence-electron chi connectivity index (χ3n) is 5.09. The van der Waals surface area contributed by atoms with Gasteiger partial charge in [-0.05, 0) is 31.5 Å². The largest absolute Gasteiger partial charge is 0.348 e. The first-order chi connectivity index (χ1) is 14.5. The van der Waals surface area contributed by atoms with Gasteiger partial charge in [0.25, 0.3) is 17.1 Å². The number of nitrogens with two attached hydrogens (primary N) is 1. The lowest BCUT2D eigenvalue weighted by atomic mass is 10.1. The van der Waals surface area contributed by atoms with Gasteiger partial charge in [0.15, 0.2) is 12.4 Å². The molecule has 0 atom stereocenters. The fourth-order valence-electron chi connectivity index (χ4n) is 3.56. The first kappa shape index (κ1) is 19.5. The molecule has 0 unspecified atom stereocenters. The Labute approximate surface area is 173 Å². The van der Waals surface area contributed by atoms with E-state index in [1.54, 1.807) is 29.1 Å². The Morgan fingerprint density at radius 2 is 2.17 bits per heavy atom. The van der Waals surface area contributed by atoms with Gasteiger partial charge in [-0.25, -0.2) is 9.55 Å². The Balaban J connectivity index is 1.87. The molecule has 0 radical (unpaired) electrons. The number of hydrogen-bond acceptors (Lipinski definition) is 4. The molecule has 0 bridgehead atoms. The first-order valence-corrected chi connectivity index (χ1v) is 9.88. The fraction of sp³-hybridized carbons (Fsp3) is 0.227. The zero-order valence-electron chi connectivity index (χ0n) is 17.0. The van der Waals surface area contributed by atoms with Gasteiger partial charge in [-0.2, -0.15) is 0 Å². The second kappa shape index (κ2) is 7.90. The molecule has 0 aliphatic heterocycles. The van der Waals surface area contributed by atoms with Gasteiger partial charge in [0, 0.05) is 29.9 Å². The summed E-state index contributed by atoms with van der Waals surface area (Å²) in [5.41, 5.74) is 9.31. The lowest BCUT2D eigenvalue weighted by Gasteiger charge is -2.12. The van der Waals surface area contributed by atoms with Crippen molar-refractivity contribution in [3.8, 4) is 0 Å². The number of aromatic nitrogens is 4. The Morgan fingerprint density at radius 3 is 2.90 bits per heavy atom.